The van der Waals surface area contributed by atoms with E-state index in [1.54, 1.807) is 0 Å². The van der Waals surface area contributed by atoms with Gasteiger partial charge in [0.2, 0.25) is 0 Å². The second kappa shape index (κ2) is 6.36. The smallest absolute Gasteiger partial charge is 0.0224 e. The number of fused-ring (bicyclic) bond motifs is 1. The molecule has 2 heteroatoms. The van der Waals surface area contributed by atoms with Gasteiger partial charge in [0, 0.05) is 31.2 Å². The molecular formula is C18H34N2. The third kappa shape index (κ3) is 2.78. The molecule has 1 aliphatic carbocycles. The Labute approximate surface area is 125 Å². The molecule has 2 saturated heterocycles. The van der Waals surface area contributed by atoms with Crippen LogP contribution in [-0.4, -0.2) is 47.6 Å². The Morgan fingerprint density at radius 2 is 1.80 bits per heavy atom. The van der Waals surface area contributed by atoms with E-state index >= 15 is 0 Å². The van der Waals surface area contributed by atoms with Gasteiger partial charge in [0.05, 0.1) is 0 Å². The maximum absolute atomic E-state index is 2.97. The predicted octanol–water partition coefficient (Wildman–Crippen LogP) is 3.76. The number of hydrogen-bond acceptors (Lipinski definition) is 2. The molecule has 3 rings (SSSR count). The Hall–Kier alpha value is -0.0800. The van der Waals surface area contributed by atoms with Crippen molar-refractivity contribution in [3.05, 3.63) is 0 Å². The quantitative estimate of drug-likeness (QED) is 0.775. The number of hydrogen-bond donors (Lipinski definition) is 0. The van der Waals surface area contributed by atoms with Crippen molar-refractivity contribution in [2.24, 2.45) is 11.8 Å². The first-order chi connectivity index (χ1) is 9.70. The van der Waals surface area contributed by atoms with Gasteiger partial charge in [0.1, 0.15) is 0 Å². The van der Waals surface area contributed by atoms with Crippen LogP contribution in [0.15, 0.2) is 0 Å². The van der Waals surface area contributed by atoms with Crippen molar-refractivity contribution in [1.82, 2.24) is 9.80 Å². The Kier molecular flexibility index (Phi) is 4.72. The van der Waals surface area contributed by atoms with Crippen molar-refractivity contribution in [3.63, 3.8) is 0 Å². The first-order valence-electron chi connectivity index (χ1n) is 9.20. The van der Waals surface area contributed by atoms with Crippen LogP contribution in [0.4, 0.5) is 0 Å². The zero-order chi connectivity index (χ0) is 14.1. The highest BCUT2D eigenvalue weighted by molar-refractivity contribution is 4.97. The molecule has 0 radical (unpaired) electrons. The fourth-order valence-corrected chi connectivity index (χ4v) is 5.21. The summed E-state index contributed by atoms with van der Waals surface area (Å²) in [5.74, 6) is 1.81. The fraction of sp³-hybridized carbons (Fsp3) is 1.00. The summed E-state index contributed by atoms with van der Waals surface area (Å²) < 4.78 is 0. The van der Waals surface area contributed by atoms with E-state index in [0.717, 1.165) is 30.0 Å². The van der Waals surface area contributed by atoms with Crippen molar-refractivity contribution in [3.8, 4) is 0 Å². The van der Waals surface area contributed by atoms with Crippen LogP contribution >= 0.6 is 0 Å². The molecule has 0 bridgehead atoms. The van der Waals surface area contributed by atoms with Crippen LogP contribution in [0.5, 0.6) is 0 Å². The normalized spacial score (nSPS) is 40.2. The summed E-state index contributed by atoms with van der Waals surface area (Å²) in [5.41, 5.74) is 0. The Morgan fingerprint density at radius 1 is 1.00 bits per heavy atom. The van der Waals surface area contributed by atoms with Gasteiger partial charge in [-0.2, -0.15) is 0 Å². The lowest BCUT2D eigenvalue weighted by Gasteiger charge is -2.51. The van der Waals surface area contributed by atoms with Gasteiger partial charge in [0.15, 0.2) is 0 Å². The standard InChI is InChI=1S/C18H34N2/c1-4-15-12-19-11-7-8-16(19)13-20(15)18-10-6-5-9-17(18)14(2)3/h14-18H,4-13H2,1-3H3. The summed E-state index contributed by atoms with van der Waals surface area (Å²) in [5, 5.41) is 0. The van der Waals surface area contributed by atoms with E-state index < -0.39 is 0 Å². The second-order valence-corrected chi connectivity index (χ2v) is 7.81. The summed E-state index contributed by atoms with van der Waals surface area (Å²) in [6, 6.07) is 2.60. The largest absolute Gasteiger partial charge is 0.298 e. The third-order valence-corrected chi connectivity index (χ3v) is 6.37. The van der Waals surface area contributed by atoms with Crippen molar-refractivity contribution >= 4 is 0 Å². The summed E-state index contributed by atoms with van der Waals surface area (Å²) in [6.07, 6.45) is 10.1. The SMILES string of the molecule is CCC1CN2CCCC2CN1C1CCCCC1C(C)C. The third-order valence-electron chi connectivity index (χ3n) is 6.37. The molecule has 2 heterocycles. The minimum Gasteiger partial charge on any atom is -0.298 e. The van der Waals surface area contributed by atoms with Crippen LogP contribution in [0.25, 0.3) is 0 Å². The van der Waals surface area contributed by atoms with E-state index in [4.69, 9.17) is 0 Å². The van der Waals surface area contributed by atoms with Gasteiger partial charge >= 0.3 is 0 Å². The molecule has 3 aliphatic rings. The lowest BCUT2D eigenvalue weighted by Crippen LogP contribution is -2.61. The molecule has 0 amide bonds. The molecule has 1 saturated carbocycles. The van der Waals surface area contributed by atoms with Crippen molar-refractivity contribution in [2.45, 2.75) is 83.8 Å². The van der Waals surface area contributed by atoms with E-state index in [1.807, 2.05) is 0 Å². The highest BCUT2D eigenvalue weighted by Crippen LogP contribution is 2.37. The van der Waals surface area contributed by atoms with E-state index in [-0.39, 0.29) is 0 Å². The topological polar surface area (TPSA) is 6.48 Å². The van der Waals surface area contributed by atoms with Crippen molar-refractivity contribution < 1.29 is 0 Å². The minimum atomic E-state index is 0.827. The molecule has 0 aromatic rings. The summed E-state index contributed by atoms with van der Waals surface area (Å²) in [6.45, 7) is 11.4. The van der Waals surface area contributed by atoms with Gasteiger partial charge in [-0.3, -0.25) is 9.80 Å². The van der Waals surface area contributed by atoms with Gasteiger partial charge in [-0.1, -0.05) is 33.6 Å². The summed E-state index contributed by atoms with van der Waals surface area (Å²) in [7, 11) is 0. The maximum atomic E-state index is 2.97. The monoisotopic (exact) mass is 278 g/mol. The van der Waals surface area contributed by atoms with E-state index in [1.165, 1.54) is 64.6 Å². The number of nitrogens with zero attached hydrogens (tertiary/aromatic N) is 2. The van der Waals surface area contributed by atoms with Gasteiger partial charge in [-0.25, -0.2) is 0 Å². The molecule has 116 valence electrons. The van der Waals surface area contributed by atoms with Crippen molar-refractivity contribution in [1.29, 1.82) is 0 Å². The van der Waals surface area contributed by atoms with E-state index in [2.05, 4.69) is 30.6 Å². The van der Waals surface area contributed by atoms with E-state index in [0.29, 0.717) is 0 Å². The molecule has 3 fully saturated rings. The molecular weight excluding hydrogens is 244 g/mol. The van der Waals surface area contributed by atoms with Crippen LogP contribution in [-0.2, 0) is 0 Å². The lowest BCUT2D eigenvalue weighted by atomic mass is 9.76. The zero-order valence-corrected chi connectivity index (χ0v) is 13.9. The maximum Gasteiger partial charge on any atom is 0.0224 e. The fourth-order valence-electron chi connectivity index (χ4n) is 5.21. The number of piperazine rings is 1. The second-order valence-electron chi connectivity index (χ2n) is 7.81. The minimum absolute atomic E-state index is 0.827. The summed E-state index contributed by atoms with van der Waals surface area (Å²) >= 11 is 0. The van der Waals surface area contributed by atoms with Gasteiger partial charge < -0.3 is 0 Å². The molecule has 0 aromatic carbocycles. The first-order valence-corrected chi connectivity index (χ1v) is 9.20. The van der Waals surface area contributed by atoms with Gasteiger partial charge in [-0.15, -0.1) is 0 Å². The highest BCUT2D eigenvalue weighted by Gasteiger charge is 2.41. The van der Waals surface area contributed by atoms with Crippen LogP contribution in [0.2, 0.25) is 0 Å². The predicted molar refractivity (Wildman–Crippen MR) is 86.0 cm³/mol. The molecule has 4 unspecified atom stereocenters. The zero-order valence-electron chi connectivity index (χ0n) is 13.9. The van der Waals surface area contributed by atoms with Crippen LogP contribution in [0.3, 0.4) is 0 Å². The highest BCUT2D eigenvalue weighted by atomic mass is 15.3. The van der Waals surface area contributed by atoms with Gasteiger partial charge in [0.25, 0.3) is 0 Å². The average molecular weight is 278 g/mol. The Bertz CT molecular complexity index is 315. The summed E-state index contributed by atoms with van der Waals surface area (Å²) in [4.78, 5) is 5.76. The lowest BCUT2D eigenvalue weighted by molar-refractivity contribution is -0.0220. The molecule has 0 N–H and O–H groups in total. The molecule has 4 atom stereocenters. The number of rotatable bonds is 3. The molecule has 2 aliphatic heterocycles. The molecule has 0 spiro atoms. The Balaban J connectivity index is 1.75. The molecule has 20 heavy (non-hydrogen) atoms. The van der Waals surface area contributed by atoms with Crippen molar-refractivity contribution in [2.75, 3.05) is 19.6 Å². The van der Waals surface area contributed by atoms with Crippen LogP contribution in [0.1, 0.15) is 65.7 Å². The first kappa shape index (κ1) is 14.8. The Morgan fingerprint density at radius 3 is 2.55 bits per heavy atom. The molecule has 2 nitrogen and oxygen atoms in total. The molecule has 0 aromatic heterocycles. The van der Waals surface area contributed by atoms with Gasteiger partial charge in [-0.05, 0) is 50.5 Å². The van der Waals surface area contributed by atoms with Crippen LogP contribution < -0.4 is 0 Å². The van der Waals surface area contributed by atoms with E-state index in [9.17, 15) is 0 Å². The average Bonchev–Trinajstić information content (AvgIpc) is 2.93. The van der Waals surface area contributed by atoms with Crippen LogP contribution in [0, 0.1) is 11.8 Å².